The van der Waals surface area contributed by atoms with Gasteiger partial charge in [0.25, 0.3) is 11.8 Å². The van der Waals surface area contributed by atoms with Gasteiger partial charge in [-0.05, 0) is 62.1 Å². The Morgan fingerprint density at radius 1 is 1.10 bits per heavy atom. The Kier molecular flexibility index (Phi) is 7.38. The van der Waals surface area contributed by atoms with Crippen molar-refractivity contribution in [1.82, 2.24) is 4.90 Å². The maximum Gasteiger partial charge on any atom is 0.262 e. The Labute approximate surface area is 183 Å². The molecule has 0 unspecified atom stereocenters. The Bertz CT molecular complexity index is 899. The molecule has 0 atom stereocenters. The van der Waals surface area contributed by atoms with Crippen LogP contribution in [0.2, 0.25) is 5.02 Å². The van der Waals surface area contributed by atoms with Gasteiger partial charge in [0.1, 0.15) is 5.75 Å². The average molecular weight is 429 g/mol. The first-order chi connectivity index (χ1) is 14.4. The Hall–Kier alpha value is -2.53. The summed E-state index contributed by atoms with van der Waals surface area (Å²) in [7, 11) is 1.85. The number of carbonyl (C=O) groups excluding carboxylic acids is 2. The largest absolute Gasteiger partial charge is 0.484 e. The second kappa shape index (κ2) is 9.98. The van der Waals surface area contributed by atoms with Gasteiger partial charge in [-0.15, -0.1) is 0 Å². The quantitative estimate of drug-likeness (QED) is 0.672. The Balaban J connectivity index is 1.65. The van der Waals surface area contributed by atoms with Crippen LogP contribution in [0.1, 0.15) is 53.6 Å². The monoisotopic (exact) mass is 428 g/mol. The van der Waals surface area contributed by atoms with Crippen molar-refractivity contribution in [2.45, 2.75) is 52.0 Å². The van der Waals surface area contributed by atoms with E-state index in [0.717, 1.165) is 36.8 Å². The molecule has 1 N–H and O–H groups in total. The van der Waals surface area contributed by atoms with E-state index in [1.165, 1.54) is 6.42 Å². The van der Waals surface area contributed by atoms with E-state index in [9.17, 15) is 9.59 Å². The van der Waals surface area contributed by atoms with Crippen molar-refractivity contribution >= 4 is 29.1 Å². The van der Waals surface area contributed by atoms with E-state index in [1.54, 1.807) is 30.3 Å². The fourth-order valence-electron chi connectivity index (χ4n) is 3.93. The summed E-state index contributed by atoms with van der Waals surface area (Å²) in [5, 5.41) is 3.52. The molecule has 0 aliphatic heterocycles. The number of hydrogen-bond donors (Lipinski definition) is 1. The third-order valence-corrected chi connectivity index (χ3v) is 6.25. The summed E-state index contributed by atoms with van der Waals surface area (Å²) in [5.41, 5.74) is 2.79. The van der Waals surface area contributed by atoms with E-state index in [2.05, 4.69) is 5.32 Å². The van der Waals surface area contributed by atoms with Gasteiger partial charge in [0.15, 0.2) is 6.61 Å². The molecule has 0 aromatic heterocycles. The van der Waals surface area contributed by atoms with Gasteiger partial charge in [-0.1, -0.05) is 43.0 Å². The van der Waals surface area contributed by atoms with Crippen molar-refractivity contribution in [3.63, 3.8) is 0 Å². The lowest BCUT2D eigenvalue weighted by molar-refractivity contribution is -0.118. The third kappa shape index (κ3) is 5.33. The van der Waals surface area contributed by atoms with Crippen molar-refractivity contribution in [3.8, 4) is 5.75 Å². The predicted molar refractivity (Wildman–Crippen MR) is 120 cm³/mol. The Morgan fingerprint density at radius 2 is 1.73 bits per heavy atom. The topological polar surface area (TPSA) is 58.6 Å². The number of benzene rings is 2. The molecule has 3 rings (SSSR count). The highest BCUT2D eigenvalue weighted by Crippen LogP contribution is 2.27. The molecule has 1 aliphatic rings. The van der Waals surface area contributed by atoms with Gasteiger partial charge in [0.05, 0.1) is 11.3 Å². The second-order valence-corrected chi connectivity index (χ2v) is 8.34. The summed E-state index contributed by atoms with van der Waals surface area (Å²) < 4.78 is 5.63. The average Bonchev–Trinajstić information content (AvgIpc) is 2.76. The third-order valence-electron chi connectivity index (χ3n) is 5.65. The van der Waals surface area contributed by atoms with Crippen LogP contribution in [0.3, 0.4) is 0 Å². The molecule has 0 heterocycles. The highest BCUT2D eigenvalue weighted by atomic mass is 35.5. The number of amides is 2. The van der Waals surface area contributed by atoms with Gasteiger partial charge < -0.3 is 15.0 Å². The van der Waals surface area contributed by atoms with Gasteiger partial charge in [0, 0.05) is 18.1 Å². The number of para-hydroxylation sites is 1. The minimum absolute atomic E-state index is 0.0670. The number of ether oxygens (including phenoxy) is 1. The fraction of sp³-hybridized carbons (Fsp3) is 0.417. The standard InChI is InChI=1S/C24H29ClN2O3/c1-16-13-19(14-17(2)23(16)25)30-15-22(28)26-21-12-8-7-11-20(21)24(29)27(3)18-9-5-4-6-10-18/h7-8,11-14,18H,4-6,9-10,15H2,1-3H3,(H,26,28). The van der Waals surface area contributed by atoms with E-state index in [-0.39, 0.29) is 24.5 Å². The number of nitrogens with zero attached hydrogens (tertiary/aromatic N) is 1. The van der Waals surface area contributed by atoms with Gasteiger partial charge in [-0.2, -0.15) is 0 Å². The van der Waals surface area contributed by atoms with Gasteiger partial charge >= 0.3 is 0 Å². The predicted octanol–water partition coefficient (Wildman–Crippen LogP) is 5.38. The van der Waals surface area contributed by atoms with Gasteiger partial charge in [0.2, 0.25) is 0 Å². The number of anilines is 1. The zero-order chi connectivity index (χ0) is 21.7. The number of aryl methyl sites for hydroxylation is 2. The molecule has 30 heavy (non-hydrogen) atoms. The second-order valence-electron chi connectivity index (χ2n) is 7.96. The first kappa shape index (κ1) is 22.2. The molecular weight excluding hydrogens is 400 g/mol. The molecule has 0 saturated heterocycles. The highest BCUT2D eigenvalue weighted by Gasteiger charge is 2.24. The smallest absolute Gasteiger partial charge is 0.262 e. The highest BCUT2D eigenvalue weighted by molar-refractivity contribution is 6.32. The van der Waals surface area contributed by atoms with E-state index in [1.807, 2.05) is 31.9 Å². The summed E-state index contributed by atoms with van der Waals surface area (Å²) in [5.74, 6) is 0.203. The lowest BCUT2D eigenvalue weighted by atomic mass is 9.94. The Morgan fingerprint density at radius 3 is 2.40 bits per heavy atom. The number of hydrogen-bond acceptors (Lipinski definition) is 3. The van der Waals surface area contributed by atoms with Crippen LogP contribution in [0, 0.1) is 13.8 Å². The van der Waals surface area contributed by atoms with Crippen LogP contribution in [0.5, 0.6) is 5.75 Å². The molecule has 0 radical (unpaired) electrons. The number of nitrogens with one attached hydrogen (secondary N) is 1. The molecule has 2 aromatic rings. The summed E-state index contributed by atoms with van der Waals surface area (Å²) in [6.07, 6.45) is 5.61. The molecule has 160 valence electrons. The molecular formula is C24H29ClN2O3. The van der Waals surface area contributed by atoms with E-state index >= 15 is 0 Å². The van der Waals surface area contributed by atoms with Crippen LogP contribution in [-0.4, -0.2) is 36.4 Å². The minimum Gasteiger partial charge on any atom is -0.484 e. The first-order valence-corrected chi connectivity index (χ1v) is 10.8. The molecule has 5 nitrogen and oxygen atoms in total. The molecule has 1 aliphatic carbocycles. The molecule has 1 fully saturated rings. The lowest BCUT2D eigenvalue weighted by Gasteiger charge is -2.31. The van der Waals surface area contributed by atoms with E-state index in [0.29, 0.717) is 22.0 Å². The van der Waals surface area contributed by atoms with Crippen LogP contribution in [0.4, 0.5) is 5.69 Å². The number of halogens is 1. The van der Waals surface area contributed by atoms with Crippen molar-refractivity contribution in [1.29, 1.82) is 0 Å². The molecule has 2 aromatic carbocycles. The molecule has 0 spiro atoms. The summed E-state index contributed by atoms with van der Waals surface area (Å²) in [6.45, 7) is 3.64. The molecule has 0 bridgehead atoms. The first-order valence-electron chi connectivity index (χ1n) is 10.4. The van der Waals surface area contributed by atoms with Crippen LogP contribution in [0.25, 0.3) is 0 Å². The maximum absolute atomic E-state index is 13.1. The fourth-order valence-corrected chi connectivity index (χ4v) is 4.04. The van der Waals surface area contributed by atoms with Gasteiger partial charge in [-0.25, -0.2) is 0 Å². The number of rotatable bonds is 6. The van der Waals surface area contributed by atoms with Crippen LogP contribution in [-0.2, 0) is 4.79 Å². The molecule has 2 amide bonds. The zero-order valence-electron chi connectivity index (χ0n) is 17.8. The van der Waals surface area contributed by atoms with E-state index in [4.69, 9.17) is 16.3 Å². The van der Waals surface area contributed by atoms with Crippen LogP contribution >= 0.6 is 11.6 Å². The summed E-state index contributed by atoms with van der Waals surface area (Å²) >= 11 is 6.18. The van der Waals surface area contributed by atoms with Crippen molar-refractivity contribution in [3.05, 3.63) is 58.1 Å². The maximum atomic E-state index is 13.1. The normalized spacial score (nSPS) is 14.3. The van der Waals surface area contributed by atoms with Crippen molar-refractivity contribution < 1.29 is 14.3 Å². The number of carbonyl (C=O) groups is 2. The van der Waals surface area contributed by atoms with Crippen molar-refractivity contribution in [2.24, 2.45) is 0 Å². The SMILES string of the molecule is Cc1cc(OCC(=O)Nc2ccccc2C(=O)N(C)C2CCCCC2)cc(C)c1Cl. The van der Waals surface area contributed by atoms with Gasteiger partial charge in [-0.3, -0.25) is 9.59 Å². The van der Waals surface area contributed by atoms with Crippen LogP contribution < -0.4 is 10.1 Å². The van der Waals surface area contributed by atoms with Crippen LogP contribution in [0.15, 0.2) is 36.4 Å². The molecule has 1 saturated carbocycles. The van der Waals surface area contributed by atoms with Crippen molar-refractivity contribution in [2.75, 3.05) is 19.0 Å². The lowest BCUT2D eigenvalue weighted by Crippen LogP contribution is -2.38. The van der Waals surface area contributed by atoms with E-state index < -0.39 is 0 Å². The summed E-state index contributed by atoms with van der Waals surface area (Å²) in [4.78, 5) is 27.4. The minimum atomic E-state index is -0.319. The zero-order valence-corrected chi connectivity index (χ0v) is 18.6. The summed E-state index contributed by atoms with van der Waals surface area (Å²) in [6, 6.07) is 11.0. The molecule has 6 heteroatoms.